The third-order valence-electron chi connectivity index (χ3n) is 2.04. The monoisotopic (exact) mass is 259 g/mol. The molecule has 5 heteroatoms. The van der Waals surface area contributed by atoms with Crippen molar-refractivity contribution >= 4 is 20.7 Å². The van der Waals surface area contributed by atoms with Crippen molar-refractivity contribution < 1.29 is 8.42 Å². The zero-order valence-electron chi connectivity index (χ0n) is 9.80. The van der Waals surface area contributed by atoms with Gasteiger partial charge in [0.05, 0.1) is 4.90 Å². The molecule has 0 amide bonds. The molecule has 90 valence electrons. The van der Waals surface area contributed by atoms with Gasteiger partial charge in [0, 0.05) is 5.75 Å². The lowest BCUT2D eigenvalue weighted by molar-refractivity contribution is 0.598. The molecule has 0 saturated carbocycles. The summed E-state index contributed by atoms with van der Waals surface area (Å²) in [7, 11) is -3.87. The highest BCUT2D eigenvalue weighted by Crippen LogP contribution is 2.14. The Hall–Kier alpha value is -0.680. The van der Waals surface area contributed by atoms with Crippen LogP contribution in [0, 0.1) is 6.92 Å². The Morgan fingerprint density at radius 2 is 1.81 bits per heavy atom. The van der Waals surface area contributed by atoms with Crippen LogP contribution in [0.3, 0.4) is 0 Å². The summed E-state index contributed by atoms with van der Waals surface area (Å²) in [6.45, 7) is 3.95. The lowest BCUT2D eigenvalue weighted by Crippen LogP contribution is -2.01. The van der Waals surface area contributed by atoms with E-state index in [4.69, 9.17) is 0 Å². The van der Waals surface area contributed by atoms with Gasteiger partial charge in [-0.15, -0.1) is 3.77 Å². The molecular formula is C11H17NO2S2. The van der Waals surface area contributed by atoms with Crippen molar-refractivity contribution in [2.75, 3.05) is 12.0 Å². The van der Waals surface area contributed by atoms with Crippen LogP contribution in [0.25, 0.3) is 0 Å². The Kier molecular flexibility index (Phi) is 4.68. The van der Waals surface area contributed by atoms with Crippen LogP contribution in [0.5, 0.6) is 0 Å². The number of aryl methyl sites for hydroxylation is 1. The summed E-state index contributed by atoms with van der Waals surface area (Å²) in [6, 6.07) is 6.79. The van der Waals surface area contributed by atoms with E-state index >= 15 is 0 Å². The number of hydrogen-bond donors (Lipinski definition) is 0. The first-order chi connectivity index (χ1) is 7.45. The molecule has 0 aliphatic heterocycles. The molecule has 0 aliphatic rings. The molecule has 0 spiro atoms. The van der Waals surface area contributed by atoms with Crippen LogP contribution in [0.2, 0.25) is 0 Å². The predicted molar refractivity (Wildman–Crippen MR) is 69.2 cm³/mol. The third-order valence-corrected chi connectivity index (χ3v) is 5.71. The molecule has 1 atom stereocenters. The summed E-state index contributed by atoms with van der Waals surface area (Å²) in [4.78, 5) is 0.286. The second kappa shape index (κ2) is 5.59. The highest BCUT2D eigenvalue weighted by Gasteiger charge is 2.11. The Morgan fingerprint density at radius 1 is 1.25 bits per heavy atom. The quantitative estimate of drug-likeness (QED) is 0.834. The minimum absolute atomic E-state index is 0.286. The predicted octanol–water partition coefficient (Wildman–Crippen LogP) is 2.53. The SMILES string of the molecule is CCCS(C)=NS(=O)(=O)c1ccc(C)cc1. The fraction of sp³-hybridized carbons (Fsp3) is 0.455. The molecule has 3 nitrogen and oxygen atoms in total. The first-order valence-corrected chi connectivity index (χ1v) is 8.33. The molecule has 0 fully saturated rings. The Balaban J connectivity index is 3.03. The maximum absolute atomic E-state index is 11.9. The number of sulfonamides is 1. The van der Waals surface area contributed by atoms with Gasteiger partial charge < -0.3 is 0 Å². The second-order valence-corrected chi connectivity index (χ2v) is 7.29. The molecular weight excluding hydrogens is 242 g/mol. The van der Waals surface area contributed by atoms with E-state index in [0.717, 1.165) is 17.7 Å². The van der Waals surface area contributed by atoms with Gasteiger partial charge in [-0.2, -0.15) is 8.42 Å². The minimum atomic E-state index is -3.46. The number of hydrogen-bond acceptors (Lipinski definition) is 2. The van der Waals surface area contributed by atoms with Crippen LogP contribution < -0.4 is 0 Å². The van der Waals surface area contributed by atoms with Crippen molar-refractivity contribution in [3.63, 3.8) is 0 Å². The average molecular weight is 259 g/mol. The first kappa shape index (κ1) is 13.4. The second-order valence-electron chi connectivity index (χ2n) is 3.67. The summed E-state index contributed by atoms with van der Waals surface area (Å²) in [5.74, 6) is 0.824. The zero-order chi connectivity index (χ0) is 12.2. The van der Waals surface area contributed by atoms with Gasteiger partial charge in [-0.3, -0.25) is 0 Å². The molecule has 0 heterocycles. The molecule has 0 bridgehead atoms. The molecule has 1 unspecified atom stereocenters. The van der Waals surface area contributed by atoms with Gasteiger partial charge in [-0.1, -0.05) is 35.3 Å². The largest absolute Gasteiger partial charge is 0.287 e. The molecule has 0 aromatic heterocycles. The van der Waals surface area contributed by atoms with Gasteiger partial charge in [-0.25, -0.2) is 0 Å². The maximum atomic E-state index is 11.9. The van der Waals surface area contributed by atoms with Crippen molar-refractivity contribution in [3.8, 4) is 0 Å². The molecule has 0 radical (unpaired) electrons. The molecule has 16 heavy (non-hydrogen) atoms. The molecule has 1 aromatic rings. The van der Waals surface area contributed by atoms with Crippen LogP contribution in [0.15, 0.2) is 32.9 Å². The van der Waals surface area contributed by atoms with Gasteiger partial charge in [0.25, 0.3) is 10.0 Å². The third kappa shape index (κ3) is 3.72. The van der Waals surface area contributed by atoms with E-state index < -0.39 is 20.7 Å². The van der Waals surface area contributed by atoms with Crippen molar-refractivity contribution in [2.45, 2.75) is 25.2 Å². The number of nitrogens with zero attached hydrogens (tertiary/aromatic N) is 1. The van der Waals surface area contributed by atoms with Crippen LogP contribution in [-0.4, -0.2) is 20.4 Å². The van der Waals surface area contributed by atoms with E-state index in [0.29, 0.717) is 0 Å². The zero-order valence-corrected chi connectivity index (χ0v) is 11.4. The van der Waals surface area contributed by atoms with Gasteiger partial charge in [-0.05, 0) is 31.7 Å². The van der Waals surface area contributed by atoms with Crippen LogP contribution in [0.1, 0.15) is 18.9 Å². The van der Waals surface area contributed by atoms with E-state index in [9.17, 15) is 8.42 Å². The highest BCUT2D eigenvalue weighted by molar-refractivity contribution is 7.99. The molecule has 1 rings (SSSR count). The standard InChI is InChI=1S/C11H17NO2S2/c1-4-9-15(3)12-16(13,14)11-7-5-10(2)6-8-11/h5-8H,4,9H2,1-3H3. The maximum Gasteiger partial charge on any atom is 0.287 e. The molecule has 1 aromatic carbocycles. The summed E-state index contributed by atoms with van der Waals surface area (Å²) in [5, 5.41) is 0. The summed E-state index contributed by atoms with van der Waals surface area (Å²) in [5.41, 5.74) is 1.04. The normalized spacial score (nSPS) is 13.9. The average Bonchev–Trinajstić information content (AvgIpc) is 2.17. The Morgan fingerprint density at radius 3 is 2.31 bits per heavy atom. The van der Waals surface area contributed by atoms with Crippen LogP contribution in [-0.2, 0) is 20.7 Å². The summed E-state index contributed by atoms with van der Waals surface area (Å²) >= 11 is 0. The molecule has 0 saturated heterocycles. The fourth-order valence-corrected chi connectivity index (χ4v) is 4.31. The van der Waals surface area contributed by atoms with Gasteiger partial charge in [0.15, 0.2) is 0 Å². The van der Waals surface area contributed by atoms with Crippen LogP contribution >= 0.6 is 0 Å². The van der Waals surface area contributed by atoms with Crippen molar-refractivity contribution in [2.24, 2.45) is 3.77 Å². The molecule has 0 N–H and O–H groups in total. The van der Waals surface area contributed by atoms with Crippen molar-refractivity contribution in [3.05, 3.63) is 29.8 Å². The van der Waals surface area contributed by atoms with Gasteiger partial charge in [0.2, 0.25) is 0 Å². The van der Waals surface area contributed by atoms with E-state index in [2.05, 4.69) is 3.77 Å². The first-order valence-electron chi connectivity index (χ1n) is 5.13. The lowest BCUT2D eigenvalue weighted by atomic mass is 10.2. The smallest absolute Gasteiger partial charge is 0.199 e. The van der Waals surface area contributed by atoms with Crippen molar-refractivity contribution in [1.82, 2.24) is 0 Å². The van der Waals surface area contributed by atoms with E-state index in [1.807, 2.05) is 20.1 Å². The summed E-state index contributed by atoms with van der Waals surface area (Å²) in [6.07, 6.45) is 2.81. The topological polar surface area (TPSA) is 46.5 Å². The van der Waals surface area contributed by atoms with Crippen LogP contribution in [0.4, 0.5) is 0 Å². The van der Waals surface area contributed by atoms with E-state index in [1.54, 1.807) is 24.3 Å². The number of benzene rings is 1. The molecule has 0 aliphatic carbocycles. The summed E-state index contributed by atoms with van der Waals surface area (Å²) < 4.78 is 27.6. The van der Waals surface area contributed by atoms with Crippen molar-refractivity contribution in [1.29, 1.82) is 0 Å². The fourth-order valence-electron chi connectivity index (χ4n) is 1.25. The number of rotatable bonds is 4. The Bertz CT molecular complexity index is 475. The van der Waals surface area contributed by atoms with Gasteiger partial charge in [0.1, 0.15) is 0 Å². The Labute approximate surface area is 100 Å². The van der Waals surface area contributed by atoms with E-state index in [-0.39, 0.29) is 4.90 Å². The minimum Gasteiger partial charge on any atom is -0.199 e. The van der Waals surface area contributed by atoms with Gasteiger partial charge >= 0.3 is 0 Å². The highest BCUT2D eigenvalue weighted by atomic mass is 32.3. The van der Waals surface area contributed by atoms with E-state index in [1.165, 1.54) is 0 Å². The lowest BCUT2D eigenvalue weighted by Gasteiger charge is -2.02.